The van der Waals surface area contributed by atoms with Crippen molar-refractivity contribution >= 4 is 5.57 Å². The van der Waals surface area contributed by atoms with Gasteiger partial charge in [-0.2, -0.15) is 35.4 Å². The Morgan fingerprint density at radius 1 is 0.778 bits per heavy atom. The molecule has 2 aliphatic carbocycles. The average molecular weight is 595 g/mol. The Labute approximate surface area is 250 Å². The van der Waals surface area contributed by atoms with Crippen LogP contribution in [-0.4, -0.2) is 0 Å². The molecule has 0 spiro atoms. The fraction of sp³-hybridized carbons (Fsp3) is 0.333. The van der Waals surface area contributed by atoms with E-state index in [0.717, 1.165) is 6.42 Å². The molecular weight excluding hydrogens is 558 g/mol. The Morgan fingerprint density at radius 3 is 1.97 bits per heavy atom. The number of fused-ring (bicyclic) bond motifs is 3. The molecule has 0 fully saturated rings. The Bertz CT molecular complexity index is 1150. The summed E-state index contributed by atoms with van der Waals surface area (Å²) in [5.74, 6) is 0.472. The first-order chi connectivity index (χ1) is 15.5. The Balaban J connectivity index is 0.000000373. The van der Waals surface area contributed by atoms with Crippen molar-refractivity contribution in [3.05, 3.63) is 113 Å². The van der Waals surface area contributed by atoms with Crippen molar-refractivity contribution in [2.45, 2.75) is 65.7 Å². The van der Waals surface area contributed by atoms with Crippen molar-refractivity contribution < 1.29 is 51.0 Å². The molecule has 0 nitrogen and oxygen atoms in total. The normalized spacial score (nSPS) is 15.2. The van der Waals surface area contributed by atoms with Crippen LogP contribution in [0.3, 0.4) is 0 Å². The summed E-state index contributed by atoms with van der Waals surface area (Å²) in [7, 11) is 0. The van der Waals surface area contributed by atoms with E-state index >= 15 is 0 Å². The summed E-state index contributed by atoms with van der Waals surface area (Å²) in [6.07, 6.45) is 8.58. The van der Waals surface area contributed by atoms with Crippen LogP contribution in [0.25, 0.3) is 16.7 Å². The number of halogens is 2. The second-order valence-corrected chi connectivity index (χ2v) is 11.4. The molecule has 0 bridgehead atoms. The zero-order chi connectivity index (χ0) is 23.8. The third kappa shape index (κ3) is 7.57. The molecule has 0 aliphatic heterocycles. The molecule has 1 unspecified atom stereocenters. The van der Waals surface area contributed by atoms with E-state index in [9.17, 15) is 0 Å². The summed E-state index contributed by atoms with van der Waals surface area (Å²) in [6.45, 7) is 15.7. The third-order valence-electron chi connectivity index (χ3n) is 6.50. The molecule has 0 amide bonds. The van der Waals surface area contributed by atoms with Crippen molar-refractivity contribution in [2.75, 3.05) is 0 Å². The van der Waals surface area contributed by atoms with Gasteiger partial charge in [0.1, 0.15) is 0 Å². The van der Waals surface area contributed by atoms with Crippen LogP contribution in [0.5, 0.6) is 0 Å². The van der Waals surface area contributed by atoms with Crippen LogP contribution in [0.2, 0.25) is 0 Å². The maximum absolute atomic E-state index is 3.67. The Morgan fingerprint density at radius 2 is 1.42 bits per heavy atom. The molecule has 1 atom stereocenters. The van der Waals surface area contributed by atoms with E-state index < -0.39 is 0 Å². The van der Waals surface area contributed by atoms with Gasteiger partial charge in [0, 0.05) is 0 Å². The molecule has 36 heavy (non-hydrogen) atoms. The van der Waals surface area contributed by atoms with Gasteiger partial charge in [-0.25, -0.2) is 6.08 Å². The maximum Gasteiger partial charge on any atom is 4.00 e. The van der Waals surface area contributed by atoms with E-state index in [0.29, 0.717) is 5.92 Å². The standard InChI is InChI=1S/C21H25.C12H11.2ClH.Zr/c1-20(2,3)16-7-9-18-14(12-16)11-15-13-17(21(4,5)6)8-10-19(15)18;1-10-7-8-12(9-10)11-5-3-2-4-6-11;;;/h7-10,12H,11H2,1-6H3;2-6,8-10H,1H3;2*1H;/q2*-1;;;+4/p-2. The largest absolute Gasteiger partial charge is 4.00 e. The average Bonchev–Trinajstić information content (AvgIpc) is 3.36. The fourth-order valence-corrected chi connectivity index (χ4v) is 4.42. The molecule has 186 valence electrons. The van der Waals surface area contributed by atoms with Gasteiger partial charge in [-0.05, 0) is 28.4 Å². The van der Waals surface area contributed by atoms with Crippen molar-refractivity contribution in [3.8, 4) is 11.1 Å². The number of hydrogen-bond acceptors (Lipinski definition) is 0. The molecule has 0 heterocycles. The predicted molar refractivity (Wildman–Crippen MR) is 142 cm³/mol. The molecule has 0 aromatic heterocycles. The van der Waals surface area contributed by atoms with E-state index in [4.69, 9.17) is 0 Å². The van der Waals surface area contributed by atoms with Crippen LogP contribution in [0.1, 0.15) is 76.3 Å². The zero-order valence-corrected chi connectivity index (χ0v) is 26.4. The van der Waals surface area contributed by atoms with Crippen LogP contribution in [0.4, 0.5) is 0 Å². The van der Waals surface area contributed by atoms with Gasteiger partial charge in [-0.1, -0.05) is 108 Å². The molecule has 3 aromatic rings. The van der Waals surface area contributed by atoms with Gasteiger partial charge in [0.2, 0.25) is 0 Å². The van der Waals surface area contributed by atoms with Gasteiger partial charge in [-0.15, -0.1) is 16.7 Å². The van der Waals surface area contributed by atoms with Crippen LogP contribution in [0, 0.1) is 18.1 Å². The maximum atomic E-state index is 3.67. The van der Waals surface area contributed by atoms with Crippen molar-refractivity contribution in [1.82, 2.24) is 0 Å². The van der Waals surface area contributed by atoms with Gasteiger partial charge < -0.3 is 24.8 Å². The van der Waals surface area contributed by atoms with Crippen molar-refractivity contribution in [1.29, 1.82) is 0 Å². The quantitative estimate of drug-likeness (QED) is 0.298. The first-order valence-corrected chi connectivity index (χ1v) is 12.1. The first-order valence-electron chi connectivity index (χ1n) is 12.1. The Hall–Kier alpha value is -1.40. The van der Waals surface area contributed by atoms with E-state index in [-0.39, 0.29) is 61.8 Å². The van der Waals surface area contributed by atoms with Gasteiger partial charge in [0.05, 0.1) is 0 Å². The summed E-state index contributed by atoms with van der Waals surface area (Å²) >= 11 is 0. The second-order valence-electron chi connectivity index (χ2n) is 11.4. The first kappa shape index (κ1) is 32.6. The molecule has 0 N–H and O–H groups in total. The summed E-state index contributed by atoms with van der Waals surface area (Å²) in [6, 6.07) is 25.6. The van der Waals surface area contributed by atoms with Gasteiger partial charge >= 0.3 is 26.2 Å². The molecule has 3 heteroatoms. The summed E-state index contributed by atoms with van der Waals surface area (Å²) in [5.41, 5.74) is 11.3. The van der Waals surface area contributed by atoms with E-state index in [1.165, 1.54) is 44.5 Å². The van der Waals surface area contributed by atoms with Crippen LogP contribution < -0.4 is 24.8 Å². The smallest absolute Gasteiger partial charge is 1.00 e. The topological polar surface area (TPSA) is 0 Å². The fourth-order valence-electron chi connectivity index (χ4n) is 4.42. The Kier molecular flexibility index (Phi) is 11.7. The minimum atomic E-state index is 0. The number of rotatable bonds is 1. The second kappa shape index (κ2) is 12.9. The van der Waals surface area contributed by atoms with Gasteiger partial charge in [-0.3, -0.25) is 6.08 Å². The molecule has 0 radical (unpaired) electrons. The number of benzene rings is 3. The molecule has 0 saturated carbocycles. The van der Waals surface area contributed by atoms with Crippen LogP contribution in [-0.2, 0) is 43.5 Å². The molecule has 0 saturated heterocycles. The monoisotopic (exact) mass is 592 g/mol. The SMILES string of the molecule is CC(C)(C)c1[c-]c2c(cc1)-c1ccc(C(C)(C)C)cc1C2.CC1[C-]=CC(c2ccccc2)=C1.[Cl-].[Cl-].[Zr+4]. The molecule has 2 aliphatic rings. The van der Waals surface area contributed by atoms with Crippen molar-refractivity contribution in [2.24, 2.45) is 5.92 Å². The summed E-state index contributed by atoms with van der Waals surface area (Å²) in [5, 5.41) is 0. The molecule has 5 rings (SSSR count). The zero-order valence-electron chi connectivity index (χ0n) is 22.5. The van der Waals surface area contributed by atoms with Crippen LogP contribution in [0.15, 0.2) is 72.8 Å². The van der Waals surface area contributed by atoms with Crippen LogP contribution >= 0.6 is 0 Å². The predicted octanol–water partition coefficient (Wildman–Crippen LogP) is 2.74. The summed E-state index contributed by atoms with van der Waals surface area (Å²) in [4.78, 5) is 0. The van der Waals surface area contributed by atoms with E-state index in [1.54, 1.807) is 0 Å². The third-order valence-corrected chi connectivity index (χ3v) is 6.50. The van der Waals surface area contributed by atoms with Gasteiger partial charge in [0.25, 0.3) is 0 Å². The minimum Gasteiger partial charge on any atom is -1.00 e. The number of allylic oxidation sites excluding steroid dienone is 4. The number of hydrogen-bond donors (Lipinski definition) is 0. The van der Waals surface area contributed by atoms with E-state index in [1.807, 2.05) is 6.07 Å². The van der Waals surface area contributed by atoms with Crippen molar-refractivity contribution in [3.63, 3.8) is 0 Å². The minimum absolute atomic E-state index is 0. The van der Waals surface area contributed by atoms with Gasteiger partial charge in [0.15, 0.2) is 0 Å². The summed E-state index contributed by atoms with van der Waals surface area (Å²) < 4.78 is 0. The molecule has 3 aromatic carbocycles. The molecular formula is C33H36Cl2Zr. The van der Waals surface area contributed by atoms with E-state index in [2.05, 4.69) is 127 Å².